The van der Waals surface area contributed by atoms with Crippen molar-refractivity contribution in [3.05, 3.63) is 47.0 Å². The zero-order valence-electron chi connectivity index (χ0n) is 13.2. The second-order valence-corrected chi connectivity index (χ2v) is 5.19. The molecule has 1 amide bonds. The number of nitriles is 1. The number of hydrogen-bond donors (Lipinski definition) is 2. The molecular formula is C17H16ClN3O3. The summed E-state index contributed by atoms with van der Waals surface area (Å²) >= 11 is 6.04. The van der Waals surface area contributed by atoms with Crippen LogP contribution in [0.5, 0.6) is 11.5 Å². The molecule has 6 nitrogen and oxygen atoms in total. The van der Waals surface area contributed by atoms with Crippen LogP contribution in [-0.2, 0) is 4.79 Å². The van der Waals surface area contributed by atoms with Crippen molar-refractivity contribution in [1.82, 2.24) is 0 Å². The van der Waals surface area contributed by atoms with Gasteiger partial charge >= 0.3 is 0 Å². The molecule has 0 saturated carbocycles. The van der Waals surface area contributed by atoms with Crippen LogP contribution in [0.25, 0.3) is 0 Å². The minimum atomic E-state index is -0.263. The summed E-state index contributed by atoms with van der Waals surface area (Å²) in [5, 5.41) is 15.0. The number of methoxy groups -OCH3 is 2. The van der Waals surface area contributed by atoms with Crippen molar-refractivity contribution < 1.29 is 14.3 Å². The average Bonchev–Trinajstić information content (AvgIpc) is 2.60. The van der Waals surface area contributed by atoms with E-state index in [9.17, 15) is 4.79 Å². The minimum Gasteiger partial charge on any atom is -0.495 e. The van der Waals surface area contributed by atoms with Gasteiger partial charge in [-0.1, -0.05) is 17.7 Å². The maximum absolute atomic E-state index is 12.1. The fourth-order valence-corrected chi connectivity index (χ4v) is 2.28. The normalized spacial score (nSPS) is 9.75. The Morgan fingerprint density at radius 1 is 1.21 bits per heavy atom. The monoisotopic (exact) mass is 345 g/mol. The second kappa shape index (κ2) is 8.09. The molecule has 0 atom stereocenters. The summed E-state index contributed by atoms with van der Waals surface area (Å²) in [4.78, 5) is 12.1. The van der Waals surface area contributed by atoms with Crippen LogP contribution in [0, 0.1) is 11.3 Å². The number of carbonyl (C=O) groups excluding carboxylic acids is 1. The number of halogens is 1. The first-order valence-electron chi connectivity index (χ1n) is 7.02. The van der Waals surface area contributed by atoms with E-state index in [0.29, 0.717) is 33.5 Å². The number of nitrogens with one attached hydrogen (secondary N) is 2. The third kappa shape index (κ3) is 4.31. The zero-order valence-corrected chi connectivity index (χ0v) is 14.0. The Balaban J connectivity index is 2.04. The first-order valence-corrected chi connectivity index (χ1v) is 7.40. The fourth-order valence-electron chi connectivity index (χ4n) is 2.05. The molecule has 2 rings (SSSR count). The summed E-state index contributed by atoms with van der Waals surface area (Å²) in [5.74, 6) is 0.711. The maximum Gasteiger partial charge on any atom is 0.243 e. The van der Waals surface area contributed by atoms with Crippen LogP contribution >= 0.6 is 11.6 Å². The molecular weight excluding hydrogens is 330 g/mol. The molecule has 2 aromatic rings. The van der Waals surface area contributed by atoms with Crippen molar-refractivity contribution in [1.29, 1.82) is 5.26 Å². The fraction of sp³-hybridized carbons (Fsp3) is 0.176. The Hall–Kier alpha value is -2.91. The minimum absolute atomic E-state index is 0.0118. The number of carbonyl (C=O) groups is 1. The van der Waals surface area contributed by atoms with Crippen molar-refractivity contribution in [2.24, 2.45) is 0 Å². The van der Waals surface area contributed by atoms with Gasteiger partial charge in [-0.2, -0.15) is 5.26 Å². The van der Waals surface area contributed by atoms with E-state index in [4.69, 9.17) is 26.3 Å². The summed E-state index contributed by atoms with van der Waals surface area (Å²) in [6.07, 6.45) is 0. The molecule has 24 heavy (non-hydrogen) atoms. The third-order valence-electron chi connectivity index (χ3n) is 3.19. The molecule has 124 valence electrons. The standard InChI is InChI=1S/C17H16ClN3O3/c1-23-15-8-14(16(24-2)7-13(15)18)20-10-17(22)21-12-5-3-4-11(6-12)9-19/h3-8,20H,10H2,1-2H3,(H,21,22). The summed E-state index contributed by atoms with van der Waals surface area (Å²) in [7, 11) is 3.02. The van der Waals surface area contributed by atoms with E-state index >= 15 is 0 Å². The van der Waals surface area contributed by atoms with Crippen LogP contribution in [0.15, 0.2) is 36.4 Å². The summed E-state index contributed by atoms with van der Waals surface area (Å²) < 4.78 is 10.4. The Bertz CT molecular complexity index is 787. The second-order valence-electron chi connectivity index (χ2n) is 4.78. The number of amides is 1. The molecule has 7 heteroatoms. The van der Waals surface area contributed by atoms with Gasteiger partial charge in [-0.25, -0.2) is 0 Å². The van der Waals surface area contributed by atoms with E-state index < -0.39 is 0 Å². The molecule has 0 aliphatic carbocycles. The van der Waals surface area contributed by atoms with E-state index in [0.717, 1.165) is 0 Å². The predicted octanol–water partition coefficient (Wildman–Crippen LogP) is 3.28. The molecule has 0 spiro atoms. The lowest BCUT2D eigenvalue weighted by molar-refractivity contribution is -0.114. The lowest BCUT2D eigenvalue weighted by Crippen LogP contribution is -2.22. The van der Waals surface area contributed by atoms with E-state index in [1.165, 1.54) is 14.2 Å². The van der Waals surface area contributed by atoms with Crippen molar-refractivity contribution in [3.63, 3.8) is 0 Å². The molecule has 0 aliphatic rings. The van der Waals surface area contributed by atoms with Crippen LogP contribution in [0.2, 0.25) is 5.02 Å². The van der Waals surface area contributed by atoms with Crippen molar-refractivity contribution >= 4 is 28.9 Å². The van der Waals surface area contributed by atoms with Crippen molar-refractivity contribution in [2.75, 3.05) is 31.4 Å². The highest BCUT2D eigenvalue weighted by Crippen LogP contribution is 2.35. The topological polar surface area (TPSA) is 83.4 Å². The number of anilines is 2. The SMILES string of the molecule is COc1cc(NCC(=O)Nc2cccc(C#N)c2)c(OC)cc1Cl. The zero-order chi connectivity index (χ0) is 17.5. The lowest BCUT2D eigenvalue weighted by atomic mass is 10.2. The van der Waals surface area contributed by atoms with Gasteiger partial charge in [-0.05, 0) is 18.2 Å². The molecule has 0 heterocycles. The van der Waals surface area contributed by atoms with Gasteiger partial charge in [-0.3, -0.25) is 4.79 Å². The molecule has 2 aromatic carbocycles. The van der Waals surface area contributed by atoms with Crippen LogP contribution in [0.3, 0.4) is 0 Å². The van der Waals surface area contributed by atoms with Crippen LogP contribution in [-0.4, -0.2) is 26.7 Å². The number of benzene rings is 2. The molecule has 0 unspecified atom stereocenters. The largest absolute Gasteiger partial charge is 0.495 e. The molecule has 2 N–H and O–H groups in total. The van der Waals surface area contributed by atoms with Crippen LogP contribution < -0.4 is 20.1 Å². The third-order valence-corrected chi connectivity index (χ3v) is 3.48. The number of nitrogens with zero attached hydrogens (tertiary/aromatic N) is 1. The molecule has 0 fully saturated rings. The number of hydrogen-bond acceptors (Lipinski definition) is 5. The van der Waals surface area contributed by atoms with Gasteiger partial charge in [0.05, 0.1) is 43.1 Å². The van der Waals surface area contributed by atoms with Gasteiger partial charge < -0.3 is 20.1 Å². The van der Waals surface area contributed by atoms with Gasteiger partial charge in [0.15, 0.2) is 0 Å². The Morgan fingerprint density at radius 2 is 1.96 bits per heavy atom. The molecule has 0 aromatic heterocycles. The predicted molar refractivity (Wildman–Crippen MR) is 92.8 cm³/mol. The van der Waals surface area contributed by atoms with Gasteiger partial charge in [0.2, 0.25) is 5.91 Å². The average molecular weight is 346 g/mol. The quantitative estimate of drug-likeness (QED) is 0.839. The van der Waals surface area contributed by atoms with Crippen molar-refractivity contribution in [2.45, 2.75) is 0 Å². The van der Waals surface area contributed by atoms with Crippen molar-refractivity contribution in [3.8, 4) is 17.6 Å². The van der Waals surface area contributed by atoms with E-state index in [-0.39, 0.29) is 12.5 Å². The number of ether oxygens (including phenoxy) is 2. The maximum atomic E-state index is 12.1. The highest BCUT2D eigenvalue weighted by Gasteiger charge is 2.11. The Kier molecular flexibility index (Phi) is 5.88. The van der Waals surface area contributed by atoms with Crippen LogP contribution in [0.4, 0.5) is 11.4 Å². The van der Waals surface area contributed by atoms with Gasteiger partial charge in [0.1, 0.15) is 11.5 Å². The summed E-state index contributed by atoms with van der Waals surface area (Å²) in [6, 6.07) is 12.0. The van der Waals surface area contributed by atoms with Gasteiger partial charge in [0, 0.05) is 17.8 Å². The molecule has 0 aliphatic heterocycles. The van der Waals surface area contributed by atoms with Gasteiger partial charge in [-0.15, -0.1) is 0 Å². The summed E-state index contributed by atoms with van der Waals surface area (Å²) in [5.41, 5.74) is 1.62. The highest BCUT2D eigenvalue weighted by molar-refractivity contribution is 6.32. The lowest BCUT2D eigenvalue weighted by Gasteiger charge is -2.14. The first kappa shape index (κ1) is 17.4. The highest BCUT2D eigenvalue weighted by atomic mass is 35.5. The van der Waals surface area contributed by atoms with Crippen LogP contribution in [0.1, 0.15) is 5.56 Å². The first-order chi connectivity index (χ1) is 11.6. The van der Waals surface area contributed by atoms with E-state index in [2.05, 4.69) is 10.6 Å². The smallest absolute Gasteiger partial charge is 0.243 e. The Morgan fingerprint density at radius 3 is 2.62 bits per heavy atom. The molecule has 0 saturated heterocycles. The van der Waals surface area contributed by atoms with Gasteiger partial charge in [0.25, 0.3) is 0 Å². The van der Waals surface area contributed by atoms with E-state index in [1.807, 2.05) is 6.07 Å². The molecule has 0 radical (unpaired) electrons. The Labute approximate surface area is 144 Å². The van der Waals surface area contributed by atoms with E-state index in [1.54, 1.807) is 36.4 Å². The summed E-state index contributed by atoms with van der Waals surface area (Å²) in [6.45, 7) is 0.0118. The number of rotatable bonds is 6. The molecule has 0 bridgehead atoms.